The summed E-state index contributed by atoms with van der Waals surface area (Å²) in [5.74, 6) is 0.457. The van der Waals surface area contributed by atoms with Crippen molar-refractivity contribution in [1.82, 2.24) is 15.8 Å². The molecule has 2 heterocycles. The van der Waals surface area contributed by atoms with Crippen molar-refractivity contribution >= 4 is 5.97 Å². The van der Waals surface area contributed by atoms with Gasteiger partial charge in [-0.05, 0) is 49.9 Å². The molecule has 3 rings (SSSR count). The molecule has 6 heteroatoms. The normalized spacial score (nSPS) is 25.8. The summed E-state index contributed by atoms with van der Waals surface area (Å²) in [4.78, 5) is 14.2. The summed E-state index contributed by atoms with van der Waals surface area (Å²) in [5, 5.41) is 0. The van der Waals surface area contributed by atoms with Gasteiger partial charge in [0.25, 0.3) is 0 Å². The van der Waals surface area contributed by atoms with Gasteiger partial charge < -0.3 is 9.64 Å². The predicted molar refractivity (Wildman–Crippen MR) is 89.7 cm³/mol. The van der Waals surface area contributed by atoms with E-state index >= 15 is 0 Å². The molecule has 1 aromatic rings. The van der Waals surface area contributed by atoms with Crippen LogP contribution in [0, 0.1) is 17.7 Å². The van der Waals surface area contributed by atoms with Gasteiger partial charge in [0, 0.05) is 19.0 Å². The molecule has 0 spiro atoms. The predicted octanol–water partition coefficient (Wildman–Crippen LogP) is 1.35. The number of likely N-dealkylation sites (tertiary alicyclic amines) is 1. The summed E-state index contributed by atoms with van der Waals surface area (Å²) < 4.78 is 18.6. The topological polar surface area (TPSA) is 53.6 Å². The van der Waals surface area contributed by atoms with Gasteiger partial charge in [0.15, 0.2) is 0 Å². The van der Waals surface area contributed by atoms with Crippen LogP contribution in [0.1, 0.15) is 18.4 Å². The molecule has 2 saturated heterocycles. The number of ether oxygens (including phenoxy) is 1. The summed E-state index contributed by atoms with van der Waals surface area (Å²) >= 11 is 0. The third-order valence-electron chi connectivity index (χ3n) is 5.21. The zero-order valence-corrected chi connectivity index (χ0v) is 14.1. The minimum absolute atomic E-state index is 0.0936. The number of hydrogen-bond acceptors (Lipinski definition) is 5. The molecule has 2 aliphatic heterocycles. The maximum absolute atomic E-state index is 13.8. The van der Waals surface area contributed by atoms with Gasteiger partial charge in [-0.15, -0.1) is 0 Å². The number of nitrogens with zero attached hydrogens (tertiary/aromatic N) is 1. The van der Waals surface area contributed by atoms with E-state index in [1.807, 2.05) is 12.1 Å². The van der Waals surface area contributed by atoms with E-state index in [9.17, 15) is 9.18 Å². The molecule has 5 nitrogen and oxygen atoms in total. The molecule has 132 valence electrons. The van der Waals surface area contributed by atoms with E-state index in [0.717, 1.165) is 51.0 Å². The van der Waals surface area contributed by atoms with Gasteiger partial charge in [0.05, 0.1) is 7.11 Å². The maximum Gasteiger partial charge on any atom is 0.324 e. The Morgan fingerprint density at radius 3 is 2.79 bits per heavy atom. The lowest BCUT2D eigenvalue weighted by Crippen LogP contribution is -2.45. The number of methoxy groups -OCH3 is 1. The van der Waals surface area contributed by atoms with Gasteiger partial charge in [-0.3, -0.25) is 10.2 Å². The van der Waals surface area contributed by atoms with Crippen LogP contribution in [-0.2, 0) is 16.0 Å². The number of rotatable bonds is 5. The van der Waals surface area contributed by atoms with Gasteiger partial charge >= 0.3 is 5.97 Å². The Hall–Kier alpha value is -1.50. The first-order valence-electron chi connectivity index (χ1n) is 8.69. The average Bonchev–Trinajstić information content (AvgIpc) is 3.06. The molecule has 2 aliphatic rings. The highest BCUT2D eigenvalue weighted by Crippen LogP contribution is 2.24. The lowest BCUT2D eigenvalue weighted by atomic mass is 9.89. The lowest BCUT2D eigenvalue weighted by molar-refractivity contribution is -0.144. The van der Waals surface area contributed by atoms with E-state index in [2.05, 4.69) is 15.8 Å². The van der Waals surface area contributed by atoms with Crippen LogP contribution in [0.3, 0.4) is 0 Å². The summed E-state index contributed by atoms with van der Waals surface area (Å²) in [7, 11) is 1.42. The number of hydrazine groups is 1. The quantitative estimate of drug-likeness (QED) is 0.796. The van der Waals surface area contributed by atoms with Crippen molar-refractivity contribution in [2.75, 3.05) is 33.3 Å². The Kier molecular flexibility index (Phi) is 5.81. The monoisotopic (exact) mass is 335 g/mol. The van der Waals surface area contributed by atoms with Crippen molar-refractivity contribution in [2.45, 2.75) is 25.3 Å². The molecule has 0 amide bonds. The van der Waals surface area contributed by atoms with E-state index in [-0.39, 0.29) is 23.7 Å². The summed E-state index contributed by atoms with van der Waals surface area (Å²) in [5.41, 5.74) is 6.88. The van der Waals surface area contributed by atoms with Crippen molar-refractivity contribution in [1.29, 1.82) is 0 Å². The van der Waals surface area contributed by atoms with Crippen LogP contribution in [-0.4, -0.2) is 50.2 Å². The second-order valence-electron chi connectivity index (χ2n) is 6.83. The highest BCUT2D eigenvalue weighted by molar-refractivity contribution is 5.76. The highest BCUT2D eigenvalue weighted by atomic mass is 19.1. The summed E-state index contributed by atoms with van der Waals surface area (Å²) in [6.45, 7) is 3.66. The largest absolute Gasteiger partial charge is 0.468 e. The molecule has 2 atom stereocenters. The number of piperidine rings is 1. The van der Waals surface area contributed by atoms with Crippen LogP contribution >= 0.6 is 0 Å². The molecular formula is C18H26FN3O2. The van der Waals surface area contributed by atoms with Crippen LogP contribution < -0.4 is 10.9 Å². The molecule has 0 radical (unpaired) electrons. The van der Waals surface area contributed by atoms with Crippen LogP contribution in [0.15, 0.2) is 24.3 Å². The third kappa shape index (κ3) is 4.12. The van der Waals surface area contributed by atoms with E-state index in [0.29, 0.717) is 5.92 Å². The molecule has 2 N–H and O–H groups in total. The van der Waals surface area contributed by atoms with E-state index in [1.165, 1.54) is 13.2 Å². The van der Waals surface area contributed by atoms with Gasteiger partial charge in [-0.2, -0.15) is 0 Å². The number of halogens is 1. The fourth-order valence-electron chi connectivity index (χ4n) is 3.76. The second-order valence-corrected chi connectivity index (χ2v) is 6.83. The second kappa shape index (κ2) is 8.05. The van der Waals surface area contributed by atoms with E-state index in [4.69, 9.17) is 4.74 Å². The van der Waals surface area contributed by atoms with Crippen LogP contribution in [0.25, 0.3) is 0 Å². The van der Waals surface area contributed by atoms with E-state index in [1.54, 1.807) is 6.07 Å². The highest BCUT2D eigenvalue weighted by Gasteiger charge is 2.35. The zero-order valence-electron chi connectivity index (χ0n) is 14.1. The Labute approximate surface area is 142 Å². The smallest absolute Gasteiger partial charge is 0.324 e. The van der Waals surface area contributed by atoms with E-state index < -0.39 is 0 Å². The molecule has 0 saturated carbocycles. The third-order valence-corrected chi connectivity index (χ3v) is 5.21. The number of carbonyl (C=O) groups is 1. The minimum Gasteiger partial charge on any atom is -0.468 e. The number of nitrogens with one attached hydrogen (secondary N) is 2. The van der Waals surface area contributed by atoms with Gasteiger partial charge in [0.2, 0.25) is 0 Å². The average molecular weight is 335 g/mol. The maximum atomic E-state index is 13.8. The SMILES string of the molecule is COC(=O)C1NNCC1CN1CCC(Cc2ccccc2F)CC1. The minimum atomic E-state index is -0.272. The van der Waals surface area contributed by atoms with Gasteiger partial charge in [-0.25, -0.2) is 9.82 Å². The van der Waals surface area contributed by atoms with Crippen LogP contribution in [0.2, 0.25) is 0 Å². The zero-order chi connectivity index (χ0) is 16.9. The van der Waals surface area contributed by atoms with Crippen LogP contribution in [0.5, 0.6) is 0 Å². The molecule has 24 heavy (non-hydrogen) atoms. The van der Waals surface area contributed by atoms with Crippen LogP contribution in [0.4, 0.5) is 4.39 Å². The Bertz CT molecular complexity index is 561. The molecule has 2 fully saturated rings. The molecule has 0 aliphatic carbocycles. The summed E-state index contributed by atoms with van der Waals surface area (Å²) in [6.07, 6.45) is 2.97. The van der Waals surface area contributed by atoms with Crippen molar-refractivity contribution < 1.29 is 13.9 Å². The van der Waals surface area contributed by atoms with Crippen molar-refractivity contribution in [3.63, 3.8) is 0 Å². The molecule has 0 bridgehead atoms. The van der Waals surface area contributed by atoms with Crippen molar-refractivity contribution in [2.24, 2.45) is 11.8 Å². The molecule has 1 aromatic carbocycles. The first kappa shape index (κ1) is 17.3. The number of carbonyl (C=O) groups excluding carboxylic acids is 1. The summed E-state index contributed by atoms with van der Waals surface area (Å²) in [6, 6.07) is 6.80. The Morgan fingerprint density at radius 1 is 1.33 bits per heavy atom. The lowest BCUT2D eigenvalue weighted by Gasteiger charge is -2.34. The Balaban J connectivity index is 1.47. The number of esters is 1. The fourth-order valence-corrected chi connectivity index (χ4v) is 3.76. The molecule has 0 aromatic heterocycles. The molecule has 2 unspecified atom stereocenters. The fraction of sp³-hybridized carbons (Fsp3) is 0.611. The number of benzene rings is 1. The molecular weight excluding hydrogens is 309 g/mol. The van der Waals surface area contributed by atoms with Gasteiger partial charge in [-0.1, -0.05) is 18.2 Å². The van der Waals surface area contributed by atoms with Crippen molar-refractivity contribution in [3.8, 4) is 0 Å². The van der Waals surface area contributed by atoms with Gasteiger partial charge in [0.1, 0.15) is 11.9 Å². The van der Waals surface area contributed by atoms with Crippen molar-refractivity contribution in [3.05, 3.63) is 35.6 Å². The number of hydrogen-bond donors (Lipinski definition) is 2. The Morgan fingerprint density at radius 2 is 2.08 bits per heavy atom. The first-order chi connectivity index (χ1) is 11.7. The standard InChI is InChI=1S/C18H26FN3O2/c1-24-18(23)17-15(11-20-21-17)12-22-8-6-13(7-9-22)10-14-4-2-3-5-16(14)19/h2-5,13,15,17,20-21H,6-12H2,1H3. The first-order valence-corrected chi connectivity index (χ1v) is 8.69.